The summed E-state index contributed by atoms with van der Waals surface area (Å²) in [6.07, 6.45) is 3.80. The first-order valence-electron chi connectivity index (χ1n) is 9.22. The Labute approximate surface area is 154 Å². The molecule has 8 heteroatoms. The molecule has 7 nitrogen and oxygen atoms in total. The number of aliphatic hydroxyl groups excluding tert-OH is 1. The average Bonchev–Trinajstić information content (AvgIpc) is 3.04. The van der Waals surface area contributed by atoms with Gasteiger partial charge in [-0.1, -0.05) is 6.07 Å². The van der Waals surface area contributed by atoms with Crippen molar-refractivity contribution < 1.29 is 18.3 Å². The Morgan fingerprint density at radius 1 is 1.19 bits per heavy atom. The molecule has 0 aromatic heterocycles. The lowest BCUT2D eigenvalue weighted by molar-refractivity contribution is -0.121. The van der Waals surface area contributed by atoms with Gasteiger partial charge in [0.2, 0.25) is 15.9 Å². The van der Waals surface area contributed by atoms with Crippen LogP contribution in [0.2, 0.25) is 0 Å². The number of carbonyl (C=O) groups is 1. The molecule has 2 unspecified atom stereocenters. The van der Waals surface area contributed by atoms with Crippen molar-refractivity contribution in [2.75, 3.05) is 26.2 Å². The average molecular weight is 381 g/mol. The topological polar surface area (TPSA) is 108 Å². The Kier molecular flexibility index (Phi) is 6.29. The third kappa shape index (κ3) is 4.82. The monoisotopic (exact) mass is 381 g/mol. The Hall–Kier alpha value is -1.48. The van der Waals surface area contributed by atoms with Crippen molar-refractivity contribution in [2.45, 2.75) is 43.1 Å². The SMILES string of the molecule is O=C(CCNS(=O)(=O)c1ccc2c(c1)CCCC2)NCC1CNCC1O. The molecule has 1 heterocycles. The van der Waals surface area contributed by atoms with Crippen LogP contribution < -0.4 is 15.4 Å². The fraction of sp³-hybridized carbons (Fsp3) is 0.611. The van der Waals surface area contributed by atoms with Crippen LogP contribution in [0.25, 0.3) is 0 Å². The number of amides is 1. The van der Waals surface area contributed by atoms with Crippen molar-refractivity contribution >= 4 is 15.9 Å². The molecule has 0 spiro atoms. The van der Waals surface area contributed by atoms with Crippen molar-refractivity contribution in [1.29, 1.82) is 0 Å². The molecule has 1 aromatic carbocycles. The van der Waals surface area contributed by atoms with Gasteiger partial charge in [-0.2, -0.15) is 0 Å². The van der Waals surface area contributed by atoms with Gasteiger partial charge in [-0.15, -0.1) is 0 Å². The van der Waals surface area contributed by atoms with Crippen molar-refractivity contribution in [3.05, 3.63) is 29.3 Å². The predicted octanol–water partition coefficient (Wildman–Crippen LogP) is -0.0697. The fourth-order valence-corrected chi connectivity index (χ4v) is 4.60. The second-order valence-corrected chi connectivity index (χ2v) is 8.84. The maximum absolute atomic E-state index is 12.4. The van der Waals surface area contributed by atoms with Crippen LogP contribution in [0.15, 0.2) is 23.1 Å². The number of carbonyl (C=O) groups excluding carboxylic acids is 1. The van der Waals surface area contributed by atoms with E-state index in [0.29, 0.717) is 19.6 Å². The molecular formula is C18H27N3O4S. The molecule has 0 saturated carbocycles. The molecule has 0 bridgehead atoms. The summed E-state index contributed by atoms with van der Waals surface area (Å²) in [4.78, 5) is 12.1. The van der Waals surface area contributed by atoms with Crippen LogP contribution in [-0.4, -0.2) is 51.7 Å². The number of aliphatic hydroxyl groups is 1. The van der Waals surface area contributed by atoms with Gasteiger partial charge in [0.1, 0.15) is 0 Å². The molecule has 2 atom stereocenters. The first-order valence-corrected chi connectivity index (χ1v) is 10.7. The summed E-state index contributed by atoms with van der Waals surface area (Å²) in [7, 11) is -3.61. The highest BCUT2D eigenvalue weighted by Gasteiger charge is 2.25. The highest BCUT2D eigenvalue weighted by atomic mass is 32.2. The molecule has 1 aliphatic carbocycles. The molecule has 0 radical (unpaired) electrons. The second kappa shape index (κ2) is 8.47. The minimum atomic E-state index is -3.61. The number of fused-ring (bicyclic) bond motifs is 1. The van der Waals surface area contributed by atoms with Crippen LogP contribution in [0.3, 0.4) is 0 Å². The minimum absolute atomic E-state index is 0.00568. The normalized spacial score (nSPS) is 22.8. The van der Waals surface area contributed by atoms with Crippen LogP contribution in [0.5, 0.6) is 0 Å². The van der Waals surface area contributed by atoms with Crippen molar-refractivity contribution in [3.63, 3.8) is 0 Å². The number of aryl methyl sites for hydroxylation is 2. The molecule has 1 aliphatic heterocycles. The molecule has 1 saturated heterocycles. The molecule has 1 amide bonds. The molecule has 2 aliphatic rings. The summed E-state index contributed by atoms with van der Waals surface area (Å²) < 4.78 is 27.4. The van der Waals surface area contributed by atoms with Crippen molar-refractivity contribution in [3.8, 4) is 0 Å². The number of sulfonamides is 1. The Bertz CT molecular complexity index is 751. The number of nitrogens with one attached hydrogen (secondary N) is 3. The van der Waals surface area contributed by atoms with Crippen LogP contribution >= 0.6 is 0 Å². The van der Waals surface area contributed by atoms with Gasteiger partial charge in [-0.05, 0) is 48.9 Å². The number of β-amino-alcohol motifs (C(OH)–C–C–N with tert-alkyl or cyclic N) is 1. The van der Waals surface area contributed by atoms with Gasteiger partial charge in [-0.3, -0.25) is 4.79 Å². The van der Waals surface area contributed by atoms with Gasteiger partial charge in [0.15, 0.2) is 0 Å². The summed E-state index contributed by atoms with van der Waals surface area (Å²) in [5.74, 6) is -0.219. The van der Waals surface area contributed by atoms with E-state index in [1.807, 2.05) is 6.07 Å². The standard InChI is InChI=1S/C18H27N3O4S/c22-17-12-19-10-15(17)11-20-18(23)7-8-21-26(24,25)16-6-5-13-3-1-2-4-14(13)9-16/h5-6,9,15,17,19,21-22H,1-4,7-8,10-12H2,(H,20,23). The van der Waals surface area contributed by atoms with Crippen LogP contribution in [0, 0.1) is 5.92 Å². The smallest absolute Gasteiger partial charge is 0.240 e. The molecule has 1 fully saturated rings. The maximum Gasteiger partial charge on any atom is 0.240 e. The van der Waals surface area contributed by atoms with E-state index >= 15 is 0 Å². The van der Waals surface area contributed by atoms with E-state index in [1.165, 1.54) is 5.56 Å². The van der Waals surface area contributed by atoms with Crippen LogP contribution in [0.1, 0.15) is 30.4 Å². The van der Waals surface area contributed by atoms with Gasteiger partial charge in [0, 0.05) is 38.5 Å². The molecular weight excluding hydrogens is 354 g/mol. The second-order valence-electron chi connectivity index (χ2n) is 7.08. The first kappa shape index (κ1) is 19.3. The van der Waals surface area contributed by atoms with E-state index in [0.717, 1.165) is 31.2 Å². The lowest BCUT2D eigenvalue weighted by atomic mass is 9.92. The highest BCUT2D eigenvalue weighted by Crippen LogP contribution is 2.24. The van der Waals surface area contributed by atoms with Gasteiger partial charge < -0.3 is 15.7 Å². The first-order chi connectivity index (χ1) is 12.5. The Morgan fingerprint density at radius 2 is 1.96 bits per heavy atom. The zero-order chi connectivity index (χ0) is 18.6. The predicted molar refractivity (Wildman–Crippen MR) is 98.3 cm³/mol. The number of hydrogen-bond donors (Lipinski definition) is 4. The third-order valence-corrected chi connectivity index (χ3v) is 6.60. The third-order valence-electron chi connectivity index (χ3n) is 5.14. The van der Waals surface area contributed by atoms with E-state index in [4.69, 9.17) is 0 Å². The molecule has 4 N–H and O–H groups in total. The van der Waals surface area contributed by atoms with Gasteiger partial charge in [0.05, 0.1) is 11.0 Å². The molecule has 26 heavy (non-hydrogen) atoms. The summed E-state index contributed by atoms with van der Waals surface area (Å²) >= 11 is 0. The van der Waals surface area contributed by atoms with Gasteiger partial charge in [-0.25, -0.2) is 13.1 Å². The van der Waals surface area contributed by atoms with Crippen LogP contribution in [-0.2, 0) is 27.7 Å². The largest absolute Gasteiger partial charge is 0.391 e. The van der Waals surface area contributed by atoms with Crippen molar-refractivity contribution in [1.82, 2.24) is 15.4 Å². The fourth-order valence-electron chi connectivity index (χ4n) is 3.52. The summed E-state index contributed by atoms with van der Waals surface area (Å²) in [6, 6.07) is 5.29. The van der Waals surface area contributed by atoms with Gasteiger partial charge in [0.25, 0.3) is 0 Å². The molecule has 144 valence electrons. The maximum atomic E-state index is 12.4. The highest BCUT2D eigenvalue weighted by molar-refractivity contribution is 7.89. The van der Waals surface area contributed by atoms with E-state index in [9.17, 15) is 18.3 Å². The number of hydrogen-bond acceptors (Lipinski definition) is 5. The van der Waals surface area contributed by atoms with E-state index < -0.39 is 16.1 Å². The quantitative estimate of drug-likeness (QED) is 0.529. The Balaban J connectivity index is 1.46. The Morgan fingerprint density at radius 3 is 2.69 bits per heavy atom. The number of rotatable bonds is 7. The lowest BCUT2D eigenvalue weighted by Crippen LogP contribution is -2.36. The van der Waals surface area contributed by atoms with Crippen LogP contribution in [0.4, 0.5) is 0 Å². The zero-order valence-corrected chi connectivity index (χ0v) is 15.6. The summed E-state index contributed by atoms with van der Waals surface area (Å²) in [5, 5.41) is 15.5. The molecule has 3 rings (SSSR count). The summed E-state index contributed by atoms with van der Waals surface area (Å²) in [6.45, 7) is 1.66. The van der Waals surface area contributed by atoms with E-state index in [-0.39, 0.29) is 29.7 Å². The minimum Gasteiger partial charge on any atom is -0.391 e. The van der Waals surface area contributed by atoms with Crippen molar-refractivity contribution in [2.24, 2.45) is 5.92 Å². The lowest BCUT2D eigenvalue weighted by Gasteiger charge is -2.17. The zero-order valence-electron chi connectivity index (χ0n) is 14.8. The van der Waals surface area contributed by atoms with Gasteiger partial charge >= 0.3 is 0 Å². The van der Waals surface area contributed by atoms with E-state index in [2.05, 4.69) is 15.4 Å². The van der Waals surface area contributed by atoms with E-state index in [1.54, 1.807) is 12.1 Å². The summed E-state index contributed by atoms with van der Waals surface area (Å²) in [5.41, 5.74) is 2.35. The molecule has 1 aromatic rings. The number of benzene rings is 1.